The van der Waals surface area contributed by atoms with E-state index in [0.717, 1.165) is 0 Å². The summed E-state index contributed by atoms with van der Waals surface area (Å²) in [4.78, 5) is 20.3. The molecule has 0 bridgehead atoms. The van der Waals surface area contributed by atoms with Gasteiger partial charge in [0.1, 0.15) is 12.7 Å². The van der Waals surface area contributed by atoms with Crippen LogP contribution >= 0.6 is 0 Å². The van der Waals surface area contributed by atoms with Gasteiger partial charge < -0.3 is 15.9 Å². The quantitative estimate of drug-likeness (QED) is 0.526. The Labute approximate surface area is 68.0 Å². The van der Waals surface area contributed by atoms with Gasteiger partial charge in [0, 0.05) is 0 Å². The molecule has 0 saturated carbocycles. The molecule has 12 heavy (non-hydrogen) atoms. The number of halogens is 1. The number of rotatable bonds is 5. The van der Waals surface area contributed by atoms with E-state index >= 15 is 0 Å². The maximum Gasteiger partial charge on any atom is 0.320 e. The molecule has 5 nitrogen and oxygen atoms in total. The smallest absolute Gasteiger partial charge is 0.320 e. The number of carbonyl (C=O) groups is 2. The Morgan fingerprint density at radius 1 is 1.33 bits per heavy atom. The fourth-order valence-corrected chi connectivity index (χ4v) is 0.637. The van der Waals surface area contributed by atoms with Crippen LogP contribution in [0.2, 0.25) is 0 Å². The van der Waals surface area contributed by atoms with Crippen molar-refractivity contribution in [3.05, 3.63) is 0 Å². The monoisotopic (exact) mass is 179 g/mol. The SMILES string of the molecule is NC(CC(CF)C(=O)O)C(=O)O. The minimum Gasteiger partial charge on any atom is -0.481 e. The van der Waals surface area contributed by atoms with Crippen LogP contribution in [0, 0.1) is 5.92 Å². The van der Waals surface area contributed by atoms with Crippen LogP contribution in [0.25, 0.3) is 0 Å². The molecule has 0 rings (SSSR count). The second-order valence-electron chi connectivity index (χ2n) is 2.37. The Morgan fingerprint density at radius 3 is 2.08 bits per heavy atom. The number of aliphatic carboxylic acids is 2. The predicted octanol–water partition coefficient (Wildman–Crippen LogP) is -0.541. The average Bonchev–Trinajstić information content (AvgIpc) is 1.98. The lowest BCUT2D eigenvalue weighted by atomic mass is 10.0. The summed E-state index contributed by atoms with van der Waals surface area (Å²) in [5.41, 5.74) is 5.00. The molecule has 0 fully saturated rings. The van der Waals surface area contributed by atoms with Gasteiger partial charge in [-0.2, -0.15) is 0 Å². The van der Waals surface area contributed by atoms with Crippen molar-refractivity contribution in [2.24, 2.45) is 11.7 Å². The predicted molar refractivity (Wildman–Crippen MR) is 37.3 cm³/mol. The molecule has 0 aliphatic rings. The van der Waals surface area contributed by atoms with Crippen molar-refractivity contribution in [1.29, 1.82) is 0 Å². The lowest BCUT2D eigenvalue weighted by Gasteiger charge is -2.10. The number of alkyl halides is 1. The molecule has 0 aromatic rings. The summed E-state index contributed by atoms with van der Waals surface area (Å²) >= 11 is 0. The molecule has 0 radical (unpaired) electrons. The highest BCUT2D eigenvalue weighted by Gasteiger charge is 2.23. The topological polar surface area (TPSA) is 101 Å². The van der Waals surface area contributed by atoms with Crippen LogP contribution in [-0.2, 0) is 9.59 Å². The molecule has 2 atom stereocenters. The number of hydrogen-bond acceptors (Lipinski definition) is 3. The zero-order chi connectivity index (χ0) is 9.72. The van der Waals surface area contributed by atoms with Crippen molar-refractivity contribution < 1.29 is 24.2 Å². The zero-order valence-corrected chi connectivity index (χ0v) is 6.24. The van der Waals surface area contributed by atoms with Crippen LogP contribution in [0.3, 0.4) is 0 Å². The van der Waals surface area contributed by atoms with E-state index in [0.29, 0.717) is 0 Å². The van der Waals surface area contributed by atoms with Crippen LogP contribution < -0.4 is 5.73 Å². The van der Waals surface area contributed by atoms with E-state index < -0.39 is 30.6 Å². The largest absolute Gasteiger partial charge is 0.481 e. The first-order valence-corrected chi connectivity index (χ1v) is 3.26. The van der Waals surface area contributed by atoms with E-state index in [1.54, 1.807) is 0 Å². The summed E-state index contributed by atoms with van der Waals surface area (Å²) in [5.74, 6) is -4.01. The molecule has 0 aliphatic carbocycles. The standard InChI is InChI=1S/C6H10FNO4/c7-2-3(5(9)10)1-4(8)6(11)12/h3-4H,1-2,8H2,(H,9,10)(H,11,12). The molecule has 0 aromatic heterocycles. The van der Waals surface area contributed by atoms with E-state index in [1.165, 1.54) is 0 Å². The normalized spacial score (nSPS) is 15.2. The molecule has 4 N–H and O–H groups in total. The van der Waals surface area contributed by atoms with Gasteiger partial charge in [-0.1, -0.05) is 0 Å². The Bertz CT molecular complexity index is 184. The summed E-state index contributed by atoms with van der Waals surface area (Å²) < 4.78 is 11.9. The maximum atomic E-state index is 11.9. The molecule has 0 aromatic carbocycles. The molecule has 6 heteroatoms. The Kier molecular flexibility index (Phi) is 4.20. The van der Waals surface area contributed by atoms with Crippen molar-refractivity contribution in [1.82, 2.24) is 0 Å². The van der Waals surface area contributed by atoms with E-state index in [-0.39, 0.29) is 6.42 Å². The van der Waals surface area contributed by atoms with E-state index in [4.69, 9.17) is 15.9 Å². The lowest BCUT2D eigenvalue weighted by Crippen LogP contribution is -2.35. The third-order valence-electron chi connectivity index (χ3n) is 1.39. The third-order valence-corrected chi connectivity index (χ3v) is 1.39. The second-order valence-corrected chi connectivity index (χ2v) is 2.37. The first-order valence-electron chi connectivity index (χ1n) is 3.26. The Hall–Kier alpha value is -1.17. The van der Waals surface area contributed by atoms with Crippen LogP contribution in [0.1, 0.15) is 6.42 Å². The number of carboxylic acid groups (broad SMARTS) is 2. The molecule has 2 unspecified atom stereocenters. The Morgan fingerprint density at radius 2 is 1.83 bits per heavy atom. The first kappa shape index (κ1) is 10.8. The minimum atomic E-state index is -1.37. The van der Waals surface area contributed by atoms with Crippen molar-refractivity contribution in [3.63, 3.8) is 0 Å². The van der Waals surface area contributed by atoms with Crippen molar-refractivity contribution in [2.75, 3.05) is 6.67 Å². The van der Waals surface area contributed by atoms with Gasteiger partial charge in [0.2, 0.25) is 0 Å². The third kappa shape index (κ3) is 3.29. The van der Waals surface area contributed by atoms with Gasteiger partial charge in [0.15, 0.2) is 0 Å². The summed E-state index contributed by atoms with van der Waals surface area (Å²) in [6.45, 7) is -1.10. The highest BCUT2D eigenvalue weighted by Crippen LogP contribution is 2.06. The highest BCUT2D eigenvalue weighted by atomic mass is 19.1. The van der Waals surface area contributed by atoms with Crippen molar-refractivity contribution in [2.45, 2.75) is 12.5 Å². The molecular formula is C6H10FNO4. The fraction of sp³-hybridized carbons (Fsp3) is 0.667. The van der Waals surface area contributed by atoms with Crippen LogP contribution in [0.4, 0.5) is 4.39 Å². The summed E-state index contributed by atoms with van der Waals surface area (Å²) in [6, 6.07) is -1.32. The van der Waals surface area contributed by atoms with Crippen LogP contribution in [0.5, 0.6) is 0 Å². The van der Waals surface area contributed by atoms with Gasteiger partial charge in [-0.25, -0.2) is 0 Å². The van der Waals surface area contributed by atoms with E-state index in [9.17, 15) is 14.0 Å². The van der Waals surface area contributed by atoms with Gasteiger partial charge in [-0.3, -0.25) is 14.0 Å². The molecular weight excluding hydrogens is 169 g/mol. The van der Waals surface area contributed by atoms with Crippen molar-refractivity contribution >= 4 is 11.9 Å². The lowest BCUT2D eigenvalue weighted by molar-refractivity contribution is -0.144. The summed E-state index contributed by atoms with van der Waals surface area (Å²) in [6.07, 6.45) is -0.388. The van der Waals surface area contributed by atoms with Crippen LogP contribution in [-0.4, -0.2) is 34.9 Å². The van der Waals surface area contributed by atoms with Crippen LogP contribution in [0.15, 0.2) is 0 Å². The molecule has 0 amide bonds. The number of nitrogens with two attached hydrogens (primary N) is 1. The van der Waals surface area contributed by atoms with Gasteiger partial charge in [-0.05, 0) is 6.42 Å². The van der Waals surface area contributed by atoms with Gasteiger partial charge in [-0.15, -0.1) is 0 Å². The molecule has 0 spiro atoms. The van der Waals surface area contributed by atoms with Gasteiger partial charge >= 0.3 is 11.9 Å². The minimum absolute atomic E-state index is 0.388. The van der Waals surface area contributed by atoms with Crippen molar-refractivity contribution in [3.8, 4) is 0 Å². The first-order chi connectivity index (χ1) is 5.49. The molecule has 0 heterocycles. The summed E-state index contributed by atoms with van der Waals surface area (Å²) in [5, 5.41) is 16.6. The highest BCUT2D eigenvalue weighted by molar-refractivity contribution is 5.75. The van der Waals surface area contributed by atoms with E-state index in [1.807, 2.05) is 0 Å². The molecule has 0 saturated heterocycles. The average molecular weight is 179 g/mol. The zero-order valence-electron chi connectivity index (χ0n) is 6.24. The number of carboxylic acids is 2. The maximum absolute atomic E-state index is 11.9. The second kappa shape index (κ2) is 4.66. The summed E-state index contributed by atoms with van der Waals surface area (Å²) in [7, 11) is 0. The molecule has 0 aliphatic heterocycles. The van der Waals surface area contributed by atoms with Gasteiger partial charge in [0.05, 0.1) is 5.92 Å². The number of hydrogen-bond donors (Lipinski definition) is 3. The fourth-order valence-electron chi connectivity index (χ4n) is 0.637. The molecule has 70 valence electrons. The van der Waals surface area contributed by atoms with E-state index in [2.05, 4.69) is 0 Å². The van der Waals surface area contributed by atoms with Gasteiger partial charge in [0.25, 0.3) is 0 Å². The Balaban J connectivity index is 4.02.